The molecule has 1 aromatic heterocycles. The lowest BCUT2D eigenvalue weighted by molar-refractivity contribution is 0.582. The van der Waals surface area contributed by atoms with Crippen LogP contribution in [-0.2, 0) is 0 Å². The first-order valence-corrected chi connectivity index (χ1v) is 3.42. The first kappa shape index (κ1) is 6.29. The molecule has 1 heterocycles. The zero-order valence-corrected chi connectivity index (χ0v) is 5.87. The molecule has 0 bridgehead atoms. The molecular weight excluding hydrogens is 134 g/mol. The van der Waals surface area contributed by atoms with Gasteiger partial charge in [-0.3, -0.25) is 5.41 Å². The minimum atomic E-state index is 0.810. The number of rotatable bonds is 2. The monoisotopic (exact) mass is 141 g/mol. The maximum atomic E-state index is 6.64. The molecule has 0 aromatic carbocycles. The minimum Gasteiger partial charge on any atom is -0.435 e. The van der Waals surface area contributed by atoms with Gasteiger partial charge >= 0.3 is 0 Å². The molecule has 0 saturated carbocycles. The summed E-state index contributed by atoms with van der Waals surface area (Å²) < 4.78 is 4.84. The molecule has 0 aliphatic rings. The van der Waals surface area contributed by atoms with Crippen molar-refractivity contribution >= 4 is 17.7 Å². The van der Waals surface area contributed by atoms with E-state index in [0.717, 1.165) is 17.0 Å². The summed E-state index contributed by atoms with van der Waals surface area (Å²) in [5.41, 5.74) is 1.09. The fourth-order valence-electron chi connectivity index (χ4n) is 0.533. The highest BCUT2D eigenvalue weighted by Gasteiger charge is 1.96. The first-order chi connectivity index (χ1) is 4.34. The normalized spacial score (nSPS) is 9.00. The zero-order valence-electron chi connectivity index (χ0n) is 5.05. The van der Waals surface area contributed by atoms with Crippen LogP contribution in [0.15, 0.2) is 11.4 Å². The number of aryl methyl sites for hydroxylation is 1. The quantitative estimate of drug-likeness (QED) is 0.496. The van der Waals surface area contributed by atoms with Gasteiger partial charge in [0.15, 0.2) is 11.5 Å². The van der Waals surface area contributed by atoms with Crippen molar-refractivity contribution in [2.45, 2.75) is 6.92 Å². The van der Waals surface area contributed by atoms with E-state index in [1.807, 2.05) is 18.4 Å². The molecule has 0 aliphatic carbocycles. The Bertz CT molecular complexity index is 207. The van der Waals surface area contributed by atoms with Gasteiger partial charge in [-0.2, -0.15) is 0 Å². The summed E-state index contributed by atoms with van der Waals surface area (Å²) in [7, 11) is 0. The summed E-state index contributed by atoms with van der Waals surface area (Å²) in [4.78, 5) is 0. The number of hydrogen-bond donors (Lipinski definition) is 1. The molecule has 0 aliphatic heterocycles. The van der Waals surface area contributed by atoms with E-state index in [9.17, 15) is 0 Å². The third kappa shape index (κ3) is 1.29. The van der Waals surface area contributed by atoms with E-state index in [1.54, 1.807) is 0 Å². The lowest BCUT2D eigenvalue weighted by Crippen LogP contribution is -1.84. The highest BCUT2D eigenvalue weighted by atomic mass is 32.1. The third-order valence-electron chi connectivity index (χ3n) is 0.981. The molecular formula is C6H7NOS. The van der Waals surface area contributed by atoms with E-state index in [-0.39, 0.29) is 0 Å². The Hall–Kier alpha value is -0.830. The molecule has 0 radical (unpaired) electrons. The van der Waals surface area contributed by atoms with Crippen LogP contribution >= 0.6 is 11.3 Å². The van der Waals surface area contributed by atoms with Gasteiger partial charge in [0.05, 0.1) is 0 Å². The van der Waals surface area contributed by atoms with Gasteiger partial charge in [0.2, 0.25) is 0 Å². The Labute approximate surface area is 57.6 Å². The van der Waals surface area contributed by atoms with Gasteiger partial charge in [-0.15, -0.1) is 11.3 Å². The Morgan fingerprint density at radius 3 is 3.00 bits per heavy atom. The van der Waals surface area contributed by atoms with Crippen LogP contribution in [-0.4, -0.2) is 6.40 Å². The predicted octanol–water partition coefficient (Wildman–Crippen LogP) is 2.04. The molecule has 3 heteroatoms. The molecule has 0 fully saturated rings. The van der Waals surface area contributed by atoms with E-state index >= 15 is 0 Å². The second kappa shape index (κ2) is 2.64. The fourth-order valence-corrected chi connectivity index (χ4v) is 1.29. The van der Waals surface area contributed by atoms with Crippen molar-refractivity contribution in [1.82, 2.24) is 0 Å². The molecule has 0 amide bonds. The molecule has 0 spiro atoms. The number of ether oxygens (including phenoxy) is 1. The summed E-state index contributed by atoms with van der Waals surface area (Å²) in [6, 6.07) is 1.96. The second-order valence-corrected chi connectivity index (χ2v) is 2.51. The van der Waals surface area contributed by atoms with E-state index in [2.05, 4.69) is 0 Å². The topological polar surface area (TPSA) is 33.1 Å². The van der Waals surface area contributed by atoms with Crippen molar-refractivity contribution < 1.29 is 4.74 Å². The Morgan fingerprint density at radius 2 is 2.56 bits per heavy atom. The van der Waals surface area contributed by atoms with Crippen LogP contribution in [0.2, 0.25) is 0 Å². The molecule has 1 aromatic rings. The van der Waals surface area contributed by atoms with Gasteiger partial charge in [0.25, 0.3) is 0 Å². The summed E-state index contributed by atoms with van der Waals surface area (Å²) in [5.74, 6) is 0. The predicted molar refractivity (Wildman–Crippen MR) is 38.5 cm³/mol. The largest absolute Gasteiger partial charge is 0.435 e. The molecule has 0 unspecified atom stereocenters. The fraction of sp³-hybridized carbons (Fsp3) is 0.167. The van der Waals surface area contributed by atoms with Crippen LogP contribution in [0.25, 0.3) is 0 Å². The van der Waals surface area contributed by atoms with Crippen LogP contribution in [0, 0.1) is 12.3 Å². The highest BCUT2D eigenvalue weighted by Crippen LogP contribution is 2.23. The van der Waals surface area contributed by atoms with Crippen molar-refractivity contribution in [2.75, 3.05) is 0 Å². The van der Waals surface area contributed by atoms with Gasteiger partial charge in [-0.25, -0.2) is 0 Å². The summed E-state index contributed by atoms with van der Waals surface area (Å²) in [6.07, 6.45) is 0.943. The maximum absolute atomic E-state index is 6.64. The van der Waals surface area contributed by atoms with Crippen LogP contribution in [0.4, 0.5) is 0 Å². The van der Waals surface area contributed by atoms with Crippen molar-refractivity contribution in [2.24, 2.45) is 0 Å². The number of thiophene rings is 1. The highest BCUT2D eigenvalue weighted by molar-refractivity contribution is 7.12. The lowest BCUT2D eigenvalue weighted by Gasteiger charge is -1.92. The van der Waals surface area contributed by atoms with Crippen molar-refractivity contribution in [3.8, 4) is 5.06 Å². The summed E-state index contributed by atoms with van der Waals surface area (Å²) in [5, 5.41) is 9.38. The van der Waals surface area contributed by atoms with Crippen LogP contribution < -0.4 is 4.74 Å². The van der Waals surface area contributed by atoms with Crippen molar-refractivity contribution in [1.29, 1.82) is 5.41 Å². The molecule has 48 valence electrons. The average molecular weight is 141 g/mol. The number of hydrogen-bond acceptors (Lipinski definition) is 3. The maximum Gasteiger partial charge on any atom is 0.185 e. The molecule has 1 N–H and O–H groups in total. The second-order valence-electron chi connectivity index (χ2n) is 1.63. The Kier molecular flexibility index (Phi) is 1.85. The van der Waals surface area contributed by atoms with E-state index in [1.165, 1.54) is 11.3 Å². The average Bonchev–Trinajstić information content (AvgIpc) is 2.18. The third-order valence-corrected chi connectivity index (χ3v) is 1.89. The van der Waals surface area contributed by atoms with Gasteiger partial charge in [-0.1, -0.05) is 0 Å². The SMILES string of the molecule is Cc1ccsc1OC=N. The molecule has 0 saturated heterocycles. The van der Waals surface area contributed by atoms with E-state index < -0.39 is 0 Å². The molecule has 0 atom stereocenters. The van der Waals surface area contributed by atoms with Gasteiger partial charge in [0.1, 0.15) is 0 Å². The van der Waals surface area contributed by atoms with Crippen molar-refractivity contribution in [3.63, 3.8) is 0 Å². The Morgan fingerprint density at radius 1 is 1.78 bits per heavy atom. The Balaban J connectivity index is 2.80. The van der Waals surface area contributed by atoms with Gasteiger partial charge in [-0.05, 0) is 18.4 Å². The van der Waals surface area contributed by atoms with Crippen molar-refractivity contribution in [3.05, 3.63) is 17.0 Å². The van der Waals surface area contributed by atoms with Gasteiger partial charge < -0.3 is 4.74 Å². The summed E-state index contributed by atoms with van der Waals surface area (Å²) in [6.45, 7) is 1.95. The smallest absolute Gasteiger partial charge is 0.185 e. The zero-order chi connectivity index (χ0) is 6.69. The first-order valence-electron chi connectivity index (χ1n) is 2.54. The molecule has 9 heavy (non-hydrogen) atoms. The van der Waals surface area contributed by atoms with E-state index in [4.69, 9.17) is 10.1 Å². The number of nitrogens with one attached hydrogen (secondary N) is 1. The van der Waals surface area contributed by atoms with E-state index in [0.29, 0.717) is 0 Å². The lowest BCUT2D eigenvalue weighted by atomic mass is 10.4. The van der Waals surface area contributed by atoms with Crippen LogP contribution in [0.1, 0.15) is 5.56 Å². The summed E-state index contributed by atoms with van der Waals surface area (Å²) >= 11 is 1.50. The van der Waals surface area contributed by atoms with Gasteiger partial charge in [0, 0.05) is 5.56 Å². The minimum absolute atomic E-state index is 0.810. The van der Waals surface area contributed by atoms with Crippen LogP contribution in [0.5, 0.6) is 5.06 Å². The molecule has 1 rings (SSSR count). The standard InChI is InChI=1S/C6H7NOS/c1-5-2-3-9-6(5)8-4-7/h2-4,7H,1H3. The van der Waals surface area contributed by atoms with Crippen LogP contribution in [0.3, 0.4) is 0 Å². The molecule has 2 nitrogen and oxygen atoms in total.